The average molecular weight is 299 g/mol. The molecule has 0 aromatic heterocycles. The summed E-state index contributed by atoms with van der Waals surface area (Å²) < 4.78 is 11.1. The van der Waals surface area contributed by atoms with Gasteiger partial charge in [-0.05, 0) is 42.8 Å². The molecule has 0 spiro atoms. The third kappa shape index (κ3) is 2.98. The number of benzene rings is 2. The quantitative estimate of drug-likeness (QED) is 0.836. The summed E-state index contributed by atoms with van der Waals surface area (Å²) in [5.74, 6) is 0.947. The smallest absolute Gasteiger partial charge is 0.255 e. The first-order valence-corrected chi connectivity index (χ1v) is 7.14. The molecule has 1 aliphatic rings. The van der Waals surface area contributed by atoms with Gasteiger partial charge in [-0.25, -0.2) is 0 Å². The molecule has 114 valence electrons. The number of rotatable bonds is 2. The van der Waals surface area contributed by atoms with Crippen molar-refractivity contribution < 1.29 is 19.4 Å². The summed E-state index contributed by atoms with van der Waals surface area (Å²) >= 11 is 0. The molecule has 0 fully saturated rings. The van der Waals surface area contributed by atoms with E-state index in [1.165, 1.54) is 0 Å². The van der Waals surface area contributed by atoms with Gasteiger partial charge < -0.3 is 19.9 Å². The van der Waals surface area contributed by atoms with Crippen LogP contribution in [0, 0.1) is 6.92 Å². The van der Waals surface area contributed by atoms with Gasteiger partial charge >= 0.3 is 0 Å². The predicted molar refractivity (Wildman–Crippen MR) is 82.8 cm³/mol. The Bertz CT molecular complexity index is 712. The van der Waals surface area contributed by atoms with Gasteiger partial charge in [0.1, 0.15) is 5.75 Å². The van der Waals surface area contributed by atoms with Crippen LogP contribution in [0.3, 0.4) is 0 Å². The zero-order chi connectivity index (χ0) is 15.5. The summed E-state index contributed by atoms with van der Waals surface area (Å²) in [6, 6.07) is 10.2. The van der Waals surface area contributed by atoms with Gasteiger partial charge in [0.2, 0.25) is 0 Å². The van der Waals surface area contributed by atoms with Gasteiger partial charge in [-0.2, -0.15) is 0 Å². The second-order valence-corrected chi connectivity index (χ2v) is 5.19. The molecule has 22 heavy (non-hydrogen) atoms. The maximum absolute atomic E-state index is 12.3. The molecule has 0 unspecified atom stereocenters. The Kier molecular flexibility index (Phi) is 3.87. The van der Waals surface area contributed by atoms with Gasteiger partial charge in [0.25, 0.3) is 5.91 Å². The number of hydrogen-bond acceptors (Lipinski definition) is 4. The summed E-state index contributed by atoms with van der Waals surface area (Å²) in [6.45, 7) is 3.04. The Morgan fingerprint density at radius 1 is 1.09 bits per heavy atom. The molecule has 2 aromatic carbocycles. The highest BCUT2D eigenvalue weighted by Gasteiger charge is 2.15. The van der Waals surface area contributed by atoms with E-state index in [-0.39, 0.29) is 11.7 Å². The van der Waals surface area contributed by atoms with E-state index < -0.39 is 0 Å². The molecular weight excluding hydrogens is 282 g/mol. The number of fused-ring (bicyclic) bond motifs is 1. The highest BCUT2D eigenvalue weighted by molar-refractivity contribution is 6.05. The molecule has 3 rings (SSSR count). The third-order valence-electron chi connectivity index (χ3n) is 3.41. The summed E-state index contributed by atoms with van der Waals surface area (Å²) in [5, 5.41) is 12.5. The number of carbonyl (C=O) groups is 1. The number of hydrogen-bond donors (Lipinski definition) is 2. The molecule has 0 bridgehead atoms. The van der Waals surface area contributed by atoms with E-state index in [4.69, 9.17) is 9.47 Å². The van der Waals surface area contributed by atoms with E-state index in [9.17, 15) is 9.90 Å². The minimum Gasteiger partial charge on any atom is -0.506 e. The van der Waals surface area contributed by atoms with E-state index in [0.717, 1.165) is 12.0 Å². The number of anilines is 1. The monoisotopic (exact) mass is 299 g/mol. The number of phenolic OH excluding ortho intramolecular Hbond substituents is 1. The van der Waals surface area contributed by atoms with E-state index in [0.29, 0.717) is 36.0 Å². The topological polar surface area (TPSA) is 67.8 Å². The van der Waals surface area contributed by atoms with Crippen molar-refractivity contribution in [2.24, 2.45) is 0 Å². The molecule has 1 heterocycles. The normalized spacial score (nSPS) is 13.3. The van der Waals surface area contributed by atoms with Crippen molar-refractivity contribution in [3.05, 3.63) is 47.5 Å². The molecule has 0 saturated carbocycles. The van der Waals surface area contributed by atoms with Crippen LogP contribution in [0.4, 0.5) is 5.69 Å². The summed E-state index contributed by atoms with van der Waals surface area (Å²) in [6.07, 6.45) is 0.813. The Morgan fingerprint density at radius 3 is 2.64 bits per heavy atom. The fourth-order valence-electron chi connectivity index (χ4n) is 2.25. The van der Waals surface area contributed by atoms with Crippen molar-refractivity contribution in [3.63, 3.8) is 0 Å². The molecule has 0 atom stereocenters. The standard InChI is InChI=1S/C17H17NO4/c1-11-3-5-13(14(19)9-11)18-17(20)12-4-6-15-16(10-12)22-8-2-7-21-15/h3-6,9-10,19H,2,7-8H2,1H3,(H,18,20). The molecule has 5 nitrogen and oxygen atoms in total. The maximum atomic E-state index is 12.3. The predicted octanol–water partition coefficient (Wildman–Crippen LogP) is 3.11. The van der Waals surface area contributed by atoms with Crippen LogP contribution in [0.25, 0.3) is 0 Å². The second kappa shape index (κ2) is 5.97. The lowest BCUT2D eigenvalue weighted by atomic mass is 10.1. The van der Waals surface area contributed by atoms with E-state index in [2.05, 4.69) is 5.32 Å². The minimum atomic E-state index is -0.310. The summed E-state index contributed by atoms with van der Waals surface area (Å²) in [5.41, 5.74) is 1.75. The van der Waals surface area contributed by atoms with Crippen LogP contribution in [0.1, 0.15) is 22.3 Å². The molecule has 0 radical (unpaired) electrons. The zero-order valence-corrected chi connectivity index (χ0v) is 12.3. The van der Waals surface area contributed by atoms with E-state index in [1.54, 1.807) is 30.3 Å². The molecule has 2 aromatic rings. The van der Waals surface area contributed by atoms with Crippen molar-refractivity contribution in [1.82, 2.24) is 0 Å². The first-order chi connectivity index (χ1) is 10.6. The summed E-state index contributed by atoms with van der Waals surface area (Å²) in [7, 11) is 0. The van der Waals surface area contributed by atoms with Gasteiger partial charge in [-0.1, -0.05) is 6.07 Å². The van der Waals surface area contributed by atoms with Crippen molar-refractivity contribution >= 4 is 11.6 Å². The first-order valence-electron chi connectivity index (χ1n) is 7.14. The van der Waals surface area contributed by atoms with Gasteiger partial charge in [0, 0.05) is 12.0 Å². The molecule has 2 N–H and O–H groups in total. The van der Waals surface area contributed by atoms with Gasteiger partial charge in [-0.3, -0.25) is 4.79 Å². The third-order valence-corrected chi connectivity index (χ3v) is 3.41. The van der Waals surface area contributed by atoms with Crippen molar-refractivity contribution in [2.75, 3.05) is 18.5 Å². The number of aryl methyl sites for hydroxylation is 1. The lowest BCUT2D eigenvalue weighted by molar-refractivity contribution is 0.102. The van der Waals surface area contributed by atoms with Gasteiger partial charge in [-0.15, -0.1) is 0 Å². The summed E-state index contributed by atoms with van der Waals surface area (Å²) in [4.78, 5) is 12.3. The second-order valence-electron chi connectivity index (χ2n) is 5.19. The number of nitrogens with one attached hydrogen (secondary N) is 1. The number of phenols is 1. The Balaban J connectivity index is 1.81. The number of ether oxygens (including phenoxy) is 2. The first kappa shape index (κ1) is 14.3. The number of aromatic hydroxyl groups is 1. The molecule has 5 heteroatoms. The van der Waals surface area contributed by atoms with Crippen LogP contribution < -0.4 is 14.8 Å². The van der Waals surface area contributed by atoms with Gasteiger partial charge in [0.15, 0.2) is 11.5 Å². The average Bonchev–Trinajstić information content (AvgIpc) is 2.74. The van der Waals surface area contributed by atoms with Crippen LogP contribution in [0.2, 0.25) is 0 Å². The van der Waals surface area contributed by atoms with Crippen LogP contribution in [-0.2, 0) is 0 Å². The van der Waals surface area contributed by atoms with Crippen molar-refractivity contribution in [3.8, 4) is 17.2 Å². The molecule has 0 aliphatic carbocycles. The number of carbonyl (C=O) groups excluding carboxylic acids is 1. The van der Waals surface area contributed by atoms with E-state index in [1.807, 2.05) is 13.0 Å². The lowest BCUT2D eigenvalue weighted by Crippen LogP contribution is -2.12. The van der Waals surface area contributed by atoms with Crippen molar-refractivity contribution in [1.29, 1.82) is 0 Å². The molecular formula is C17H17NO4. The highest BCUT2D eigenvalue weighted by Crippen LogP contribution is 2.31. The molecule has 1 amide bonds. The molecule has 0 saturated heterocycles. The minimum absolute atomic E-state index is 0.0442. The van der Waals surface area contributed by atoms with E-state index >= 15 is 0 Å². The Hall–Kier alpha value is -2.69. The lowest BCUT2D eigenvalue weighted by Gasteiger charge is -2.11. The fourth-order valence-corrected chi connectivity index (χ4v) is 2.25. The number of amides is 1. The van der Waals surface area contributed by atoms with Crippen LogP contribution in [-0.4, -0.2) is 24.2 Å². The van der Waals surface area contributed by atoms with Gasteiger partial charge in [0.05, 0.1) is 18.9 Å². The van der Waals surface area contributed by atoms with Crippen molar-refractivity contribution in [2.45, 2.75) is 13.3 Å². The zero-order valence-electron chi connectivity index (χ0n) is 12.3. The van der Waals surface area contributed by atoms with Crippen LogP contribution >= 0.6 is 0 Å². The maximum Gasteiger partial charge on any atom is 0.255 e. The van der Waals surface area contributed by atoms with Crippen LogP contribution in [0.5, 0.6) is 17.2 Å². The fraction of sp³-hybridized carbons (Fsp3) is 0.235. The van der Waals surface area contributed by atoms with Crippen LogP contribution in [0.15, 0.2) is 36.4 Å². The highest BCUT2D eigenvalue weighted by atomic mass is 16.5. The molecule has 1 aliphatic heterocycles. The Morgan fingerprint density at radius 2 is 1.86 bits per heavy atom. The Labute approximate surface area is 128 Å². The largest absolute Gasteiger partial charge is 0.506 e. The SMILES string of the molecule is Cc1ccc(NC(=O)c2ccc3c(c2)OCCCO3)c(O)c1.